The van der Waals surface area contributed by atoms with E-state index in [1.807, 2.05) is 29.2 Å². The molecule has 0 aromatic heterocycles. The van der Waals surface area contributed by atoms with Crippen molar-refractivity contribution in [1.82, 2.24) is 9.80 Å². The third-order valence-corrected chi connectivity index (χ3v) is 3.52. The van der Waals surface area contributed by atoms with Crippen molar-refractivity contribution >= 4 is 5.91 Å². The van der Waals surface area contributed by atoms with Crippen LogP contribution >= 0.6 is 0 Å². The van der Waals surface area contributed by atoms with Crippen LogP contribution in [-0.4, -0.2) is 48.4 Å². The second-order valence-electron chi connectivity index (χ2n) is 4.63. The van der Waals surface area contributed by atoms with Crippen molar-refractivity contribution in [3.05, 3.63) is 35.4 Å². The second-order valence-corrected chi connectivity index (χ2v) is 4.63. The van der Waals surface area contributed by atoms with Crippen molar-refractivity contribution in [1.29, 1.82) is 0 Å². The topological polar surface area (TPSA) is 49.6 Å². The molecular formula is C14H21N3O. The molecule has 1 heterocycles. The molecule has 1 aromatic carbocycles. The van der Waals surface area contributed by atoms with E-state index >= 15 is 0 Å². The summed E-state index contributed by atoms with van der Waals surface area (Å²) in [6, 6.07) is 7.62. The number of hydrogen-bond acceptors (Lipinski definition) is 3. The van der Waals surface area contributed by atoms with Gasteiger partial charge in [0.25, 0.3) is 5.91 Å². The predicted molar refractivity (Wildman–Crippen MR) is 72.4 cm³/mol. The van der Waals surface area contributed by atoms with Crippen LogP contribution in [-0.2, 0) is 6.54 Å². The fourth-order valence-electron chi connectivity index (χ4n) is 2.28. The van der Waals surface area contributed by atoms with Gasteiger partial charge < -0.3 is 15.5 Å². The average molecular weight is 247 g/mol. The van der Waals surface area contributed by atoms with Gasteiger partial charge in [0, 0.05) is 38.3 Å². The van der Waals surface area contributed by atoms with Gasteiger partial charge >= 0.3 is 0 Å². The van der Waals surface area contributed by atoms with Crippen molar-refractivity contribution in [2.24, 2.45) is 5.73 Å². The van der Waals surface area contributed by atoms with Gasteiger partial charge in [0.05, 0.1) is 0 Å². The molecule has 0 atom stereocenters. The van der Waals surface area contributed by atoms with E-state index < -0.39 is 0 Å². The van der Waals surface area contributed by atoms with Crippen LogP contribution in [0.4, 0.5) is 0 Å². The molecule has 2 N–H and O–H groups in total. The number of carbonyl (C=O) groups is 1. The molecule has 0 spiro atoms. The molecule has 1 amide bonds. The van der Waals surface area contributed by atoms with Crippen LogP contribution in [0.25, 0.3) is 0 Å². The fourth-order valence-corrected chi connectivity index (χ4v) is 2.28. The van der Waals surface area contributed by atoms with Gasteiger partial charge in [-0.05, 0) is 24.2 Å². The Morgan fingerprint density at radius 3 is 2.61 bits per heavy atom. The van der Waals surface area contributed by atoms with E-state index in [9.17, 15) is 4.79 Å². The maximum atomic E-state index is 12.3. The Balaban J connectivity index is 2.03. The van der Waals surface area contributed by atoms with Gasteiger partial charge in [0.1, 0.15) is 0 Å². The summed E-state index contributed by atoms with van der Waals surface area (Å²) in [5.41, 5.74) is 7.36. The maximum absolute atomic E-state index is 12.3. The minimum atomic E-state index is 0.126. The van der Waals surface area contributed by atoms with E-state index in [0.717, 1.165) is 43.9 Å². The Labute approximate surface area is 108 Å². The van der Waals surface area contributed by atoms with Gasteiger partial charge in [-0.3, -0.25) is 4.79 Å². The zero-order chi connectivity index (χ0) is 13.0. The number of benzene rings is 1. The molecular weight excluding hydrogens is 226 g/mol. The van der Waals surface area contributed by atoms with Gasteiger partial charge in [0.2, 0.25) is 0 Å². The molecule has 98 valence electrons. The highest BCUT2D eigenvalue weighted by Crippen LogP contribution is 2.10. The first kappa shape index (κ1) is 13.1. The van der Waals surface area contributed by atoms with Crippen LogP contribution in [0.1, 0.15) is 22.8 Å². The summed E-state index contributed by atoms with van der Waals surface area (Å²) >= 11 is 0. The van der Waals surface area contributed by atoms with E-state index in [1.54, 1.807) is 0 Å². The first-order valence-corrected chi connectivity index (χ1v) is 6.55. The molecule has 0 unspecified atom stereocenters. The fraction of sp³-hybridized carbons (Fsp3) is 0.500. The van der Waals surface area contributed by atoms with Crippen LogP contribution in [0.3, 0.4) is 0 Å². The highest BCUT2D eigenvalue weighted by Gasteiger charge is 2.21. The SMILES string of the molecule is CCN1CCN(C(=O)c2cccc(CN)c2)CC1. The maximum Gasteiger partial charge on any atom is 0.253 e. The van der Waals surface area contributed by atoms with Gasteiger partial charge in [-0.2, -0.15) is 0 Å². The summed E-state index contributed by atoms with van der Waals surface area (Å²) in [7, 11) is 0. The van der Waals surface area contributed by atoms with Gasteiger partial charge in [-0.1, -0.05) is 19.1 Å². The first-order valence-electron chi connectivity index (χ1n) is 6.55. The normalized spacial score (nSPS) is 16.9. The molecule has 0 aliphatic carbocycles. The van der Waals surface area contributed by atoms with Crippen LogP contribution in [0, 0.1) is 0 Å². The van der Waals surface area contributed by atoms with Crippen molar-refractivity contribution in [2.45, 2.75) is 13.5 Å². The van der Waals surface area contributed by atoms with Crippen LogP contribution in [0.5, 0.6) is 0 Å². The lowest BCUT2D eigenvalue weighted by Crippen LogP contribution is -2.48. The smallest absolute Gasteiger partial charge is 0.253 e. The first-order chi connectivity index (χ1) is 8.74. The van der Waals surface area contributed by atoms with Crippen molar-refractivity contribution in [2.75, 3.05) is 32.7 Å². The lowest BCUT2D eigenvalue weighted by molar-refractivity contribution is 0.0643. The largest absolute Gasteiger partial charge is 0.336 e. The highest BCUT2D eigenvalue weighted by atomic mass is 16.2. The summed E-state index contributed by atoms with van der Waals surface area (Å²) in [4.78, 5) is 16.6. The Morgan fingerprint density at radius 1 is 1.28 bits per heavy atom. The van der Waals surface area contributed by atoms with Crippen molar-refractivity contribution < 1.29 is 4.79 Å². The molecule has 1 fully saturated rings. The van der Waals surface area contributed by atoms with E-state index in [4.69, 9.17) is 5.73 Å². The lowest BCUT2D eigenvalue weighted by atomic mass is 10.1. The van der Waals surface area contributed by atoms with Crippen LogP contribution < -0.4 is 5.73 Å². The third-order valence-electron chi connectivity index (χ3n) is 3.52. The molecule has 4 nitrogen and oxygen atoms in total. The molecule has 4 heteroatoms. The number of nitrogens with two attached hydrogens (primary N) is 1. The van der Waals surface area contributed by atoms with Crippen molar-refractivity contribution in [3.8, 4) is 0 Å². The Bertz CT molecular complexity index is 411. The van der Waals surface area contributed by atoms with Gasteiger partial charge in [0.15, 0.2) is 0 Å². The van der Waals surface area contributed by atoms with E-state index in [0.29, 0.717) is 6.54 Å². The number of amides is 1. The molecule has 1 aliphatic heterocycles. The number of piperazine rings is 1. The number of nitrogens with zero attached hydrogens (tertiary/aromatic N) is 2. The van der Waals surface area contributed by atoms with Gasteiger partial charge in [-0.25, -0.2) is 0 Å². The predicted octanol–water partition coefficient (Wildman–Crippen LogP) is 0.923. The summed E-state index contributed by atoms with van der Waals surface area (Å²) < 4.78 is 0. The number of rotatable bonds is 3. The van der Waals surface area contributed by atoms with E-state index in [1.165, 1.54) is 0 Å². The van der Waals surface area contributed by atoms with Gasteiger partial charge in [-0.15, -0.1) is 0 Å². The molecule has 1 aromatic rings. The summed E-state index contributed by atoms with van der Waals surface area (Å²) in [6.45, 7) is 7.27. The molecule has 1 aliphatic rings. The summed E-state index contributed by atoms with van der Waals surface area (Å²) in [6.07, 6.45) is 0. The lowest BCUT2D eigenvalue weighted by Gasteiger charge is -2.34. The molecule has 18 heavy (non-hydrogen) atoms. The molecule has 2 rings (SSSR count). The standard InChI is InChI=1S/C14H21N3O/c1-2-16-6-8-17(9-7-16)14(18)13-5-3-4-12(10-13)11-15/h3-5,10H,2,6-9,11,15H2,1H3. The Kier molecular flexibility index (Phi) is 4.33. The Hall–Kier alpha value is -1.39. The monoisotopic (exact) mass is 247 g/mol. The number of likely N-dealkylation sites (N-methyl/N-ethyl adjacent to an activating group) is 1. The Morgan fingerprint density at radius 2 is 2.00 bits per heavy atom. The van der Waals surface area contributed by atoms with Crippen LogP contribution in [0.15, 0.2) is 24.3 Å². The minimum Gasteiger partial charge on any atom is -0.336 e. The number of carbonyl (C=O) groups excluding carboxylic acids is 1. The summed E-state index contributed by atoms with van der Waals surface area (Å²) in [5.74, 6) is 0.126. The average Bonchev–Trinajstić information content (AvgIpc) is 2.46. The summed E-state index contributed by atoms with van der Waals surface area (Å²) in [5, 5.41) is 0. The molecule has 0 radical (unpaired) electrons. The van der Waals surface area contributed by atoms with Crippen molar-refractivity contribution in [3.63, 3.8) is 0 Å². The molecule has 0 bridgehead atoms. The minimum absolute atomic E-state index is 0.126. The quantitative estimate of drug-likeness (QED) is 0.864. The highest BCUT2D eigenvalue weighted by molar-refractivity contribution is 5.94. The number of hydrogen-bond donors (Lipinski definition) is 1. The molecule has 0 saturated carbocycles. The zero-order valence-corrected chi connectivity index (χ0v) is 10.9. The zero-order valence-electron chi connectivity index (χ0n) is 10.9. The van der Waals surface area contributed by atoms with E-state index in [2.05, 4.69) is 11.8 Å². The molecule has 1 saturated heterocycles. The van der Waals surface area contributed by atoms with Crippen LogP contribution in [0.2, 0.25) is 0 Å². The third kappa shape index (κ3) is 2.89. The second kappa shape index (κ2) is 5.98. The van der Waals surface area contributed by atoms with E-state index in [-0.39, 0.29) is 5.91 Å².